The van der Waals surface area contributed by atoms with Gasteiger partial charge in [0.2, 0.25) is 0 Å². The molecule has 0 saturated carbocycles. The van der Waals surface area contributed by atoms with Crippen LogP contribution in [0.1, 0.15) is 26.3 Å². The monoisotopic (exact) mass is 326 g/mol. The molecule has 0 N–H and O–H groups in total. The Morgan fingerprint density at radius 3 is 2.08 bits per heavy atom. The molecular weight excluding hydrogens is 304 g/mol. The summed E-state index contributed by atoms with van der Waals surface area (Å²) in [5.74, 6) is 0. The summed E-state index contributed by atoms with van der Waals surface area (Å²) in [7, 11) is 0. The number of fused-ring (bicyclic) bond motifs is 1. The Hall–Kier alpha value is -2.87. The average molecular weight is 326 g/mol. The van der Waals surface area contributed by atoms with Gasteiger partial charge in [-0.3, -0.25) is 9.13 Å². The van der Waals surface area contributed by atoms with Gasteiger partial charge in [-0.25, -0.2) is 0 Å². The molecule has 2 nitrogen and oxygen atoms in total. The zero-order chi connectivity index (χ0) is 17.4. The first-order valence-electron chi connectivity index (χ1n) is 8.65. The summed E-state index contributed by atoms with van der Waals surface area (Å²) in [4.78, 5) is 0. The first-order valence-corrected chi connectivity index (χ1v) is 8.65. The summed E-state index contributed by atoms with van der Waals surface area (Å²) in [6.07, 6.45) is 3.51. The van der Waals surface area contributed by atoms with Crippen molar-refractivity contribution in [2.45, 2.75) is 26.2 Å². The SMILES string of the molecule is CC(C)(C)c1ccc(-[n+]2[c-]n(-c3ccccc3)c3ccccc32)cc1. The lowest BCUT2D eigenvalue weighted by Gasteiger charge is -2.19. The van der Waals surface area contributed by atoms with Gasteiger partial charge in [-0.05, 0) is 35.2 Å². The molecular formula is C23H22N2. The predicted molar refractivity (Wildman–Crippen MR) is 102 cm³/mol. The van der Waals surface area contributed by atoms with Crippen LogP contribution in [0.25, 0.3) is 22.4 Å². The first kappa shape index (κ1) is 15.6. The van der Waals surface area contributed by atoms with Gasteiger partial charge in [0.1, 0.15) is 0 Å². The van der Waals surface area contributed by atoms with Crippen molar-refractivity contribution in [2.24, 2.45) is 0 Å². The molecule has 1 heterocycles. The highest BCUT2D eigenvalue weighted by molar-refractivity contribution is 5.74. The topological polar surface area (TPSA) is 8.81 Å². The largest absolute Gasteiger partial charge is 0.292 e. The van der Waals surface area contributed by atoms with E-state index in [1.807, 2.05) is 6.07 Å². The minimum absolute atomic E-state index is 0.158. The number of para-hydroxylation sites is 3. The summed E-state index contributed by atoms with van der Waals surface area (Å²) in [5, 5.41) is 0. The van der Waals surface area contributed by atoms with Crippen LogP contribution in [0, 0.1) is 6.33 Å². The molecule has 0 amide bonds. The Labute approximate surface area is 149 Å². The van der Waals surface area contributed by atoms with Crippen LogP contribution < -0.4 is 4.57 Å². The number of rotatable bonds is 2. The van der Waals surface area contributed by atoms with E-state index >= 15 is 0 Å². The van der Waals surface area contributed by atoms with Gasteiger partial charge < -0.3 is 0 Å². The fourth-order valence-electron chi connectivity index (χ4n) is 3.13. The molecule has 3 aromatic carbocycles. The van der Waals surface area contributed by atoms with Gasteiger partial charge in [0.15, 0.2) is 0 Å². The van der Waals surface area contributed by atoms with Crippen LogP contribution in [0.15, 0.2) is 78.9 Å². The minimum atomic E-state index is 0.158. The Balaban J connectivity index is 1.88. The molecule has 0 aliphatic carbocycles. The van der Waals surface area contributed by atoms with Crippen LogP contribution in [-0.2, 0) is 5.41 Å². The summed E-state index contributed by atoms with van der Waals surface area (Å²) >= 11 is 0. The molecule has 4 rings (SSSR count). The smallest absolute Gasteiger partial charge is 0.269 e. The second-order valence-corrected chi connectivity index (χ2v) is 7.39. The minimum Gasteiger partial charge on any atom is -0.292 e. The van der Waals surface area contributed by atoms with E-state index in [-0.39, 0.29) is 5.41 Å². The van der Waals surface area contributed by atoms with Gasteiger partial charge in [0.25, 0.3) is 6.33 Å². The van der Waals surface area contributed by atoms with Gasteiger partial charge in [0.05, 0.1) is 22.4 Å². The molecule has 0 radical (unpaired) electrons. The Bertz CT molecular complexity index is 1000. The summed E-state index contributed by atoms with van der Waals surface area (Å²) in [5.41, 5.74) is 6.03. The number of hydrogen-bond donors (Lipinski definition) is 0. The molecule has 4 aromatic rings. The lowest BCUT2D eigenvalue weighted by atomic mass is 9.87. The van der Waals surface area contributed by atoms with Crippen molar-refractivity contribution < 1.29 is 4.57 Å². The fourth-order valence-corrected chi connectivity index (χ4v) is 3.13. The molecule has 0 unspecified atom stereocenters. The summed E-state index contributed by atoms with van der Waals surface area (Å²) in [6, 6.07) is 27.6. The van der Waals surface area contributed by atoms with Gasteiger partial charge in [-0.1, -0.05) is 75.4 Å². The molecule has 0 fully saturated rings. The van der Waals surface area contributed by atoms with Crippen LogP contribution in [0.4, 0.5) is 0 Å². The van der Waals surface area contributed by atoms with E-state index in [9.17, 15) is 0 Å². The van der Waals surface area contributed by atoms with E-state index in [4.69, 9.17) is 0 Å². The highest BCUT2D eigenvalue weighted by atomic mass is 15.1. The van der Waals surface area contributed by atoms with Crippen LogP contribution in [0.2, 0.25) is 0 Å². The van der Waals surface area contributed by atoms with E-state index in [1.165, 1.54) is 5.56 Å². The van der Waals surface area contributed by atoms with Crippen molar-refractivity contribution in [1.29, 1.82) is 0 Å². The van der Waals surface area contributed by atoms with Crippen LogP contribution >= 0.6 is 0 Å². The fraction of sp³-hybridized carbons (Fsp3) is 0.174. The van der Waals surface area contributed by atoms with Crippen LogP contribution in [0.5, 0.6) is 0 Å². The number of hydrogen-bond acceptors (Lipinski definition) is 0. The molecule has 0 spiro atoms. The Morgan fingerprint density at radius 2 is 1.40 bits per heavy atom. The van der Waals surface area contributed by atoms with E-state index in [2.05, 4.69) is 109 Å². The predicted octanol–water partition coefficient (Wildman–Crippen LogP) is 5.00. The quantitative estimate of drug-likeness (QED) is 0.362. The van der Waals surface area contributed by atoms with Crippen LogP contribution in [0.3, 0.4) is 0 Å². The zero-order valence-corrected chi connectivity index (χ0v) is 14.9. The van der Waals surface area contributed by atoms with E-state index in [0.717, 1.165) is 22.4 Å². The third-order valence-corrected chi connectivity index (χ3v) is 4.57. The maximum absolute atomic E-state index is 3.51. The van der Waals surface area contributed by atoms with Crippen molar-refractivity contribution in [3.63, 3.8) is 0 Å². The van der Waals surface area contributed by atoms with Crippen molar-refractivity contribution in [1.82, 2.24) is 4.57 Å². The number of aromatic nitrogens is 2. The van der Waals surface area contributed by atoms with E-state index < -0.39 is 0 Å². The number of imidazole rings is 1. The van der Waals surface area contributed by atoms with E-state index in [0.29, 0.717) is 0 Å². The molecule has 0 aliphatic heterocycles. The molecule has 0 atom stereocenters. The molecule has 1 aromatic heterocycles. The van der Waals surface area contributed by atoms with Gasteiger partial charge in [0, 0.05) is 0 Å². The second-order valence-electron chi connectivity index (χ2n) is 7.39. The summed E-state index contributed by atoms with van der Waals surface area (Å²) in [6.45, 7) is 6.72. The number of benzene rings is 3. The Kier molecular flexibility index (Phi) is 3.69. The third kappa shape index (κ3) is 2.85. The maximum atomic E-state index is 3.51. The molecule has 124 valence electrons. The standard InChI is InChI=1S/C23H22N2/c1-23(2,3)18-13-15-20(16-14-18)25-17-24(19-9-5-4-6-10-19)21-11-7-8-12-22(21)25/h4-16H,1-3H3. The van der Waals surface area contributed by atoms with E-state index in [1.54, 1.807) is 0 Å². The maximum Gasteiger partial charge on any atom is 0.269 e. The van der Waals surface area contributed by atoms with Gasteiger partial charge in [-0.2, -0.15) is 0 Å². The average Bonchev–Trinajstić information content (AvgIpc) is 3.02. The lowest BCUT2D eigenvalue weighted by molar-refractivity contribution is -0.572. The van der Waals surface area contributed by atoms with Crippen LogP contribution in [-0.4, -0.2) is 4.57 Å². The number of nitrogens with zero attached hydrogens (tertiary/aromatic N) is 2. The lowest BCUT2D eigenvalue weighted by Crippen LogP contribution is -2.29. The molecule has 2 heteroatoms. The van der Waals surface area contributed by atoms with Crippen molar-refractivity contribution in [3.8, 4) is 11.4 Å². The van der Waals surface area contributed by atoms with Crippen molar-refractivity contribution in [2.75, 3.05) is 0 Å². The Morgan fingerprint density at radius 1 is 0.760 bits per heavy atom. The van der Waals surface area contributed by atoms with Gasteiger partial charge >= 0.3 is 0 Å². The summed E-state index contributed by atoms with van der Waals surface area (Å²) < 4.78 is 4.25. The molecule has 0 bridgehead atoms. The van der Waals surface area contributed by atoms with Crippen molar-refractivity contribution >= 4 is 11.0 Å². The molecule has 0 saturated heterocycles. The second kappa shape index (κ2) is 5.89. The van der Waals surface area contributed by atoms with Crippen molar-refractivity contribution in [3.05, 3.63) is 90.8 Å². The van der Waals surface area contributed by atoms with Gasteiger partial charge in [-0.15, -0.1) is 0 Å². The normalized spacial score (nSPS) is 11.8. The molecule has 0 aliphatic rings. The highest BCUT2D eigenvalue weighted by Crippen LogP contribution is 2.23. The molecule has 25 heavy (non-hydrogen) atoms. The third-order valence-electron chi connectivity index (χ3n) is 4.57. The zero-order valence-electron chi connectivity index (χ0n) is 14.9. The first-order chi connectivity index (χ1) is 12.0. The highest BCUT2D eigenvalue weighted by Gasteiger charge is 2.15.